The highest BCUT2D eigenvalue weighted by Gasteiger charge is 2.16. The minimum absolute atomic E-state index is 0.0580. The lowest BCUT2D eigenvalue weighted by Crippen LogP contribution is -2.46. The molecule has 21 heavy (non-hydrogen) atoms. The molecular weight excluding hydrogens is 268 g/mol. The van der Waals surface area contributed by atoms with Crippen molar-refractivity contribution in [3.63, 3.8) is 0 Å². The van der Waals surface area contributed by atoms with Gasteiger partial charge in [-0.2, -0.15) is 0 Å². The topological polar surface area (TPSA) is 66.5 Å². The lowest BCUT2D eigenvalue weighted by atomic mass is 10.2. The van der Waals surface area contributed by atoms with Gasteiger partial charge in [0.2, 0.25) is 0 Å². The fourth-order valence-electron chi connectivity index (χ4n) is 2.37. The van der Waals surface area contributed by atoms with E-state index in [1.807, 2.05) is 13.8 Å². The lowest BCUT2D eigenvalue weighted by Gasteiger charge is -2.29. The lowest BCUT2D eigenvalue weighted by molar-refractivity contribution is 0.0342. The van der Waals surface area contributed by atoms with Crippen molar-refractivity contribution in [3.8, 4) is 0 Å². The summed E-state index contributed by atoms with van der Waals surface area (Å²) in [6.45, 7) is 9.07. The van der Waals surface area contributed by atoms with Crippen molar-refractivity contribution in [1.29, 1.82) is 0 Å². The van der Waals surface area contributed by atoms with Crippen LogP contribution in [0, 0.1) is 0 Å². The number of amides is 1. The molecule has 6 heteroatoms. The minimum Gasteiger partial charge on any atom is -0.379 e. The number of nitrogens with zero attached hydrogens (tertiary/aromatic N) is 2. The first-order valence-corrected chi connectivity index (χ1v) is 7.50. The number of nitrogens with one attached hydrogen (secondary N) is 2. The van der Waals surface area contributed by atoms with E-state index in [4.69, 9.17) is 4.74 Å². The summed E-state index contributed by atoms with van der Waals surface area (Å²) in [7, 11) is 0. The Balaban J connectivity index is 1.86. The fourth-order valence-corrected chi connectivity index (χ4v) is 2.37. The van der Waals surface area contributed by atoms with Gasteiger partial charge in [-0.05, 0) is 26.0 Å². The largest absolute Gasteiger partial charge is 0.379 e. The molecule has 0 aliphatic carbocycles. The van der Waals surface area contributed by atoms with Crippen LogP contribution in [0.4, 0.5) is 5.82 Å². The summed E-state index contributed by atoms with van der Waals surface area (Å²) in [5, 5.41) is 6.14. The van der Waals surface area contributed by atoms with E-state index >= 15 is 0 Å². The van der Waals surface area contributed by atoms with E-state index in [1.54, 1.807) is 18.3 Å². The van der Waals surface area contributed by atoms with E-state index in [2.05, 4.69) is 20.5 Å². The molecule has 1 amide bonds. The van der Waals surface area contributed by atoms with Crippen LogP contribution in [0.3, 0.4) is 0 Å². The van der Waals surface area contributed by atoms with Crippen LogP contribution in [-0.4, -0.2) is 61.2 Å². The number of carbonyl (C=O) groups excluding carboxylic acids is 1. The van der Waals surface area contributed by atoms with Crippen molar-refractivity contribution >= 4 is 11.7 Å². The third-order valence-electron chi connectivity index (χ3n) is 3.39. The second-order valence-corrected chi connectivity index (χ2v) is 5.25. The molecule has 1 aliphatic heterocycles. The van der Waals surface area contributed by atoms with Crippen molar-refractivity contribution in [2.24, 2.45) is 0 Å². The average Bonchev–Trinajstić information content (AvgIpc) is 2.48. The van der Waals surface area contributed by atoms with Crippen LogP contribution in [0.2, 0.25) is 0 Å². The molecule has 2 rings (SSSR count). The number of aromatic nitrogens is 1. The number of anilines is 1. The van der Waals surface area contributed by atoms with Gasteiger partial charge in [-0.15, -0.1) is 0 Å². The summed E-state index contributed by atoms with van der Waals surface area (Å²) in [4.78, 5) is 18.7. The molecule has 1 fully saturated rings. The Morgan fingerprint density at radius 2 is 2.24 bits per heavy atom. The molecular formula is C15H24N4O2. The molecule has 0 aromatic carbocycles. The third kappa shape index (κ3) is 4.99. The molecule has 0 spiro atoms. The molecule has 116 valence electrons. The Kier molecular flexibility index (Phi) is 5.95. The maximum absolute atomic E-state index is 12.2. The predicted octanol–water partition coefficient (Wildman–Crippen LogP) is 0.964. The van der Waals surface area contributed by atoms with Gasteiger partial charge in [-0.1, -0.05) is 0 Å². The smallest absolute Gasteiger partial charge is 0.251 e. The zero-order chi connectivity index (χ0) is 15.1. The van der Waals surface area contributed by atoms with Crippen LogP contribution >= 0.6 is 0 Å². The Bertz CT molecular complexity index is 461. The van der Waals surface area contributed by atoms with Gasteiger partial charge in [0.25, 0.3) is 5.91 Å². The molecule has 2 heterocycles. The number of hydrogen-bond acceptors (Lipinski definition) is 5. The zero-order valence-corrected chi connectivity index (χ0v) is 12.8. The molecule has 1 aromatic heterocycles. The summed E-state index contributed by atoms with van der Waals surface area (Å²) >= 11 is 0. The third-order valence-corrected chi connectivity index (χ3v) is 3.39. The molecule has 0 saturated carbocycles. The molecule has 0 radical (unpaired) electrons. The van der Waals surface area contributed by atoms with E-state index in [9.17, 15) is 4.79 Å². The molecule has 1 aliphatic rings. The first-order chi connectivity index (χ1) is 10.2. The van der Waals surface area contributed by atoms with Crippen molar-refractivity contribution in [2.45, 2.75) is 19.9 Å². The molecule has 6 nitrogen and oxygen atoms in total. The number of rotatable bonds is 6. The molecule has 1 saturated heterocycles. The fraction of sp³-hybridized carbons (Fsp3) is 0.600. The highest BCUT2D eigenvalue weighted by Crippen LogP contribution is 2.07. The Hall–Kier alpha value is -1.66. The van der Waals surface area contributed by atoms with Gasteiger partial charge in [0.05, 0.1) is 13.2 Å². The second kappa shape index (κ2) is 7.95. The zero-order valence-electron chi connectivity index (χ0n) is 12.8. The van der Waals surface area contributed by atoms with Gasteiger partial charge < -0.3 is 15.4 Å². The van der Waals surface area contributed by atoms with Crippen LogP contribution < -0.4 is 10.6 Å². The maximum Gasteiger partial charge on any atom is 0.251 e. The first-order valence-electron chi connectivity index (χ1n) is 7.50. The summed E-state index contributed by atoms with van der Waals surface area (Å²) < 4.78 is 5.32. The van der Waals surface area contributed by atoms with Crippen molar-refractivity contribution in [1.82, 2.24) is 15.2 Å². The Labute approximate surface area is 125 Å². The molecule has 0 bridgehead atoms. The SMILES string of the molecule is CCNc1cc(C(=O)NC(C)CN2CCOCC2)ccn1. The van der Waals surface area contributed by atoms with Crippen LogP contribution in [-0.2, 0) is 4.74 Å². The van der Waals surface area contributed by atoms with Crippen LogP contribution in [0.1, 0.15) is 24.2 Å². The molecule has 2 N–H and O–H groups in total. The predicted molar refractivity (Wildman–Crippen MR) is 82.6 cm³/mol. The van der Waals surface area contributed by atoms with Gasteiger partial charge in [-0.3, -0.25) is 9.69 Å². The Morgan fingerprint density at radius 1 is 1.48 bits per heavy atom. The summed E-state index contributed by atoms with van der Waals surface area (Å²) in [5.74, 6) is 0.670. The average molecular weight is 292 g/mol. The molecule has 1 atom stereocenters. The summed E-state index contributed by atoms with van der Waals surface area (Å²) in [6, 6.07) is 3.61. The summed E-state index contributed by atoms with van der Waals surface area (Å²) in [5.41, 5.74) is 0.634. The van der Waals surface area contributed by atoms with Gasteiger partial charge in [-0.25, -0.2) is 4.98 Å². The van der Waals surface area contributed by atoms with Gasteiger partial charge in [0.15, 0.2) is 0 Å². The minimum atomic E-state index is -0.0580. The van der Waals surface area contributed by atoms with Gasteiger partial charge >= 0.3 is 0 Å². The standard InChI is InChI=1S/C15H24N4O2/c1-3-16-14-10-13(4-5-17-14)15(20)18-12(2)11-19-6-8-21-9-7-19/h4-5,10,12H,3,6-9,11H2,1-2H3,(H,16,17)(H,18,20). The van der Waals surface area contributed by atoms with E-state index in [-0.39, 0.29) is 11.9 Å². The summed E-state index contributed by atoms with van der Waals surface area (Å²) in [6.07, 6.45) is 1.65. The number of hydrogen-bond donors (Lipinski definition) is 2. The van der Waals surface area contributed by atoms with E-state index in [1.165, 1.54) is 0 Å². The van der Waals surface area contributed by atoms with Gasteiger partial charge in [0.1, 0.15) is 5.82 Å². The quantitative estimate of drug-likeness (QED) is 0.817. The van der Waals surface area contributed by atoms with E-state index in [0.717, 1.165) is 45.2 Å². The van der Waals surface area contributed by atoms with Crippen LogP contribution in [0.15, 0.2) is 18.3 Å². The normalized spacial score (nSPS) is 17.2. The maximum atomic E-state index is 12.2. The monoisotopic (exact) mass is 292 g/mol. The van der Waals surface area contributed by atoms with Crippen LogP contribution in [0.5, 0.6) is 0 Å². The van der Waals surface area contributed by atoms with E-state index < -0.39 is 0 Å². The number of carbonyl (C=O) groups is 1. The highest BCUT2D eigenvalue weighted by atomic mass is 16.5. The molecule has 1 unspecified atom stereocenters. The highest BCUT2D eigenvalue weighted by molar-refractivity contribution is 5.94. The first kappa shape index (κ1) is 15.7. The van der Waals surface area contributed by atoms with Crippen molar-refractivity contribution < 1.29 is 9.53 Å². The number of ether oxygens (including phenoxy) is 1. The van der Waals surface area contributed by atoms with Gasteiger partial charge in [0, 0.05) is 44.0 Å². The Morgan fingerprint density at radius 3 is 2.95 bits per heavy atom. The second-order valence-electron chi connectivity index (χ2n) is 5.25. The van der Waals surface area contributed by atoms with Crippen molar-refractivity contribution in [3.05, 3.63) is 23.9 Å². The molecule has 1 aromatic rings. The van der Waals surface area contributed by atoms with Crippen molar-refractivity contribution in [2.75, 3.05) is 44.7 Å². The van der Waals surface area contributed by atoms with E-state index in [0.29, 0.717) is 5.56 Å². The number of pyridine rings is 1. The number of morpholine rings is 1. The van der Waals surface area contributed by atoms with Crippen LogP contribution in [0.25, 0.3) is 0 Å².